The standard InChI is InChI=1S/C19H48O8Si5/c1-18(16-22-17-19(20)21)23-14-13-15-29(5,6)25-31(9,10)27-32(11,12)26-30(7,8)24-28(2,3)4/h18H,13-17H2,1-12H3,(H,20,21). The largest absolute Gasteiger partial charge is 0.480 e. The van der Waals surface area contributed by atoms with Crippen LogP contribution in [0.5, 0.6) is 0 Å². The second kappa shape index (κ2) is 12.9. The third kappa shape index (κ3) is 17.7. The predicted octanol–water partition coefficient (Wildman–Crippen LogP) is 5.09. The van der Waals surface area contributed by atoms with E-state index in [0.717, 1.165) is 12.5 Å². The van der Waals surface area contributed by atoms with Gasteiger partial charge in [-0.2, -0.15) is 0 Å². The lowest BCUT2D eigenvalue weighted by atomic mass is 10.4. The molecule has 13 heteroatoms. The van der Waals surface area contributed by atoms with Crippen LogP contribution < -0.4 is 0 Å². The lowest BCUT2D eigenvalue weighted by Gasteiger charge is -2.42. The molecule has 0 heterocycles. The predicted molar refractivity (Wildman–Crippen MR) is 141 cm³/mol. The Morgan fingerprint density at radius 2 is 1.25 bits per heavy atom. The summed E-state index contributed by atoms with van der Waals surface area (Å²) < 4.78 is 36.8. The van der Waals surface area contributed by atoms with E-state index in [1.807, 2.05) is 6.92 Å². The van der Waals surface area contributed by atoms with E-state index in [0.29, 0.717) is 6.61 Å². The minimum absolute atomic E-state index is 0.135. The molecule has 192 valence electrons. The molecule has 0 aliphatic carbocycles. The second-order valence-corrected chi connectivity index (χ2v) is 31.1. The summed E-state index contributed by atoms with van der Waals surface area (Å²) in [6, 6.07) is 0.956. The Bertz CT molecular complexity index is 579. The van der Waals surface area contributed by atoms with E-state index in [9.17, 15) is 4.79 Å². The van der Waals surface area contributed by atoms with Gasteiger partial charge in [-0.25, -0.2) is 4.79 Å². The molecule has 0 saturated carbocycles. The first-order chi connectivity index (χ1) is 14.1. The molecular weight excluding hydrogens is 497 g/mol. The van der Waals surface area contributed by atoms with Gasteiger partial charge >= 0.3 is 31.7 Å². The van der Waals surface area contributed by atoms with E-state index in [2.05, 4.69) is 72.0 Å². The van der Waals surface area contributed by atoms with Gasteiger partial charge in [-0.05, 0) is 91.4 Å². The van der Waals surface area contributed by atoms with Crippen molar-refractivity contribution < 1.29 is 35.8 Å². The van der Waals surface area contributed by atoms with Crippen molar-refractivity contribution in [1.82, 2.24) is 0 Å². The van der Waals surface area contributed by atoms with Crippen LogP contribution in [0.3, 0.4) is 0 Å². The highest BCUT2D eigenvalue weighted by Gasteiger charge is 2.45. The number of hydrogen-bond acceptors (Lipinski definition) is 7. The lowest BCUT2D eigenvalue weighted by molar-refractivity contribution is -0.143. The monoisotopic (exact) mass is 544 g/mol. The van der Waals surface area contributed by atoms with Crippen molar-refractivity contribution in [2.45, 2.75) is 97.5 Å². The van der Waals surface area contributed by atoms with Gasteiger partial charge in [0, 0.05) is 6.61 Å². The van der Waals surface area contributed by atoms with Crippen molar-refractivity contribution in [2.75, 3.05) is 19.8 Å². The molecule has 0 saturated heterocycles. The molecule has 0 fully saturated rings. The molecule has 32 heavy (non-hydrogen) atoms. The highest BCUT2D eigenvalue weighted by molar-refractivity contribution is 6.90. The Balaban J connectivity index is 4.58. The van der Waals surface area contributed by atoms with Gasteiger partial charge in [0.25, 0.3) is 0 Å². The van der Waals surface area contributed by atoms with Crippen molar-refractivity contribution in [3.05, 3.63) is 0 Å². The number of hydrogen-bond donors (Lipinski definition) is 1. The van der Waals surface area contributed by atoms with E-state index in [1.54, 1.807) is 0 Å². The number of aliphatic carboxylic acids is 1. The van der Waals surface area contributed by atoms with Gasteiger partial charge in [0.15, 0.2) is 16.6 Å². The zero-order valence-corrected chi connectivity index (χ0v) is 27.4. The van der Waals surface area contributed by atoms with Gasteiger partial charge in [0.2, 0.25) is 0 Å². The van der Waals surface area contributed by atoms with Crippen molar-refractivity contribution in [1.29, 1.82) is 0 Å². The molecule has 8 nitrogen and oxygen atoms in total. The molecule has 0 amide bonds. The van der Waals surface area contributed by atoms with Crippen LogP contribution in [0, 0.1) is 0 Å². The minimum Gasteiger partial charge on any atom is -0.480 e. The number of carboxylic acid groups (broad SMARTS) is 1. The lowest BCUT2D eigenvalue weighted by Crippen LogP contribution is -2.58. The van der Waals surface area contributed by atoms with Gasteiger partial charge < -0.3 is 31.0 Å². The summed E-state index contributed by atoms with van der Waals surface area (Å²) in [7, 11) is -10.7. The number of ether oxygens (including phenoxy) is 2. The molecule has 0 radical (unpaired) electrons. The maximum Gasteiger partial charge on any atom is 0.329 e. The van der Waals surface area contributed by atoms with Gasteiger partial charge in [-0.1, -0.05) is 0 Å². The van der Waals surface area contributed by atoms with Crippen molar-refractivity contribution in [3.8, 4) is 0 Å². The Labute approximate surface area is 201 Å². The fourth-order valence-electron chi connectivity index (χ4n) is 3.84. The first-order valence-electron chi connectivity index (χ1n) is 11.4. The van der Waals surface area contributed by atoms with Crippen LogP contribution in [-0.2, 0) is 30.7 Å². The van der Waals surface area contributed by atoms with E-state index < -0.39 is 48.3 Å². The quantitative estimate of drug-likeness (QED) is 0.200. The second-order valence-electron chi connectivity index (χ2n) is 11.2. The summed E-state index contributed by atoms with van der Waals surface area (Å²) in [5, 5.41) is 8.60. The maximum atomic E-state index is 10.5. The molecule has 1 atom stereocenters. The van der Waals surface area contributed by atoms with Crippen LogP contribution >= 0.6 is 0 Å². The molecule has 0 aromatic rings. The van der Waals surface area contributed by atoms with Gasteiger partial charge in [0.05, 0.1) is 12.7 Å². The normalized spacial score (nSPS) is 15.1. The van der Waals surface area contributed by atoms with Gasteiger partial charge in [0.1, 0.15) is 6.61 Å². The van der Waals surface area contributed by atoms with Crippen molar-refractivity contribution >= 4 is 48.3 Å². The van der Waals surface area contributed by atoms with Crippen LogP contribution in [0.1, 0.15) is 13.3 Å². The number of carbonyl (C=O) groups is 1. The fraction of sp³-hybridized carbons (Fsp3) is 0.947. The molecule has 0 bridgehead atoms. The molecule has 1 unspecified atom stereocenters. The molecule has 0 spiro atoms. The van der Waals surface area contributed by atoms with Gasteiger partial charge in [-0.3, -0.25) is 0 Å². The highest BCUT2D eigenvalue weighted by atomic mass is 28.5. The van der Waals surface area contributed by atoms with E-state index in [1.165, 1.54) is 0 Å². The van der Waals surface area contributed by atoms with E-state index >= 15 is 0 Å². The molecule has 1 N–H and O–H groups in total. The van der Waals surface area contributed by atoms with Crippen LogP contribution in [0.25, 0.3) is 0 Å². The summed E-state index contributed by atoms with van der Waals surface area (Å²) in [4.78, 5) is 10.5. The average molecular weight is 545 g/mol. The summed E-state index contributed by atoms with van der Waals surface area (Å²) in [5.41, 5.74) is 0. The minimum atomic E-state index is -2.41. The fourth-order valence-corrected chi connectivity index (χ4v) is 27.6. The Kier molecular flexibility index (Phi) is 13.0. The average Bonchev–Trinajstić information content (AvgIpc) is 2.44. The van der Waals surface area contributed by atoms with Gasteiger partial charge in [-0.15, -0.1) is 0 Å². The van der Waals surface area contributed by atoms with Crippen molar-refractivity contribution in [2.24, 2.45) is 0 Å². The molecule has 0 aliphatic rings. The van der Waals surface area contributed by atoms with E-state index in [-0.39, 0.29) is 19.3 Å². The highest BCUT2D eigenvalue weighted by Crippen LogP contribution is 2.27. The summed E-state index contributed by atoms with van der Waals surface area (Å²) >= 11 is 0. The molecule has 0 aromatic carbocycles. The molecule has 0 aliphatic heterocycles. The number of carboxylic acids is 1. The first-order valence-corrected chi connectivity index (χ1v) is 26.3. The Morgan fingerprint density at radius 3 is 1.72 bits per heavy atom. The van der Waals surface area contributed by atoms with Crippen LogP contribution in [0.2, 0.25) is 78.1 Å². The zero-order chi connectivity index (χ0) is 25.4. The van der Waals surface area contributed by atoms with Crippen LogP contribution in [0.4, 0.5) is 0 Å². The SMILES string of the molecule is CC(COCC(=O)O)OCCC[Si](C)(C)O[Si](C)(C)O[Si](C)(C)O[Si](C)(C)O[Si](C)(C)C. The molecule has 0 rings (SSSR count). The Hall–Kier alpha value is 0.314. The summed E-state index contributed by atoms with van der Waals surface area (Å²) in [5.74, 6) is -0.970. The third-order valence-corrected chi connectivity index (χ3v) is 22.0. The van der Waals surface area contributed by atoms with Crippen LogP contribution in [0.15, 0.2) is 0 Å². The smallest absolute Gasteiger partial charge is 0.329 e. The van der Waals surface area contributed by atoms with Crippen LogP contribution in [-0.4, -0.2) is 79.3 Å². The van der Waals surface area contributed by atoms with E-state index in [4.69, 9.17) is 31.0 Å². The summed E-state index contributed by atoms with van der Waals surface area (Å²) in [6.07, 6.45) is 0.748. The first kappa shape index (κ1) is 32.3. The third-order valence-electron chi connectivity index (χ3n) is 3.96. The molecular formula is C19H48O8Si5. The molecule has 0 aromatic heterocycles. The topological polar surface area (TPSA) is 92.7 Å². The Morgan fingerprint density at radius 1 is 0.781 bits per heavy atom. The summed E-state index contributed by atoms with van der Waals surface area (Å²) in [6.45, 7) is 26.0. The number of rotatable bonds is 17. The van der Waals surface area contributed by atoms with Crippen molar-refractivity contribution in [3.63, 3.8) is 0 Å². The zero-order valence-electron chi connectivity index (χ0n) is 22.4. The maximum absolute atomic E-state index is 10.5.